The van der Waals surface area contributed by atoms with E-state index < -0.39 is 0 Å². The Morgan fingerprint density at radius 2 is 2.19 bits per heavy atom. The van der Waals surface area contributed by atoms with Gasteiger partial charge in [-0.25, -0.2) is 4.39 Å². The van der Waals surface area contributed by atoms with E-state index in [1.165, 1.54) is 12.1 Å². The number of carbonyl (C=O) groups excluding carboxylic acids is 1. The first kappa shape index (κ1) is 15.9. The molecular formula is C16H23FN2O2. The van der Waals surface area contributed by atoms with Gasteiger partial charge in [0.05, 0.1) is 13.2 Å². The summed E-state index contributed by atoms with van der Waals surface area (Å²) in [5.41, 5.74) is 1.08. The molecule has 0 bridgehead atoms. The van der Waals surface area contributed by atoms with Crippen LogP contribution in [-0.2, 0) is 9.53 Å². The van der Waals surface area contributed by atoms with Crippen molar-refractivity contribution < 1.29 is 13.9 Å². The predicted octanol–water partition coefficient (Wildman–Crippen LogP) is 2.11. The van der Waals surface area contributed by atoms with Gasteiger partial charge in [0, 0.05) is 19.2 Å². The van der Waals surface area contributed by atoms with Gasteiger partial charge in [-0.1, -0.05) is 12.1 Å². The first-order chi connectivity index (χ1) is 10.1. The lowest BCUT2D eigenvalue weighted by Gasteiger charge is -2.25. The SMILES string of the molecule is COC[C@@H](C)NC(=O)CN1CCC[C@H]1c1ccc(F)cc1. The van der Waals surface area contributed by atoms with Crippen LogP contribution in [0.4, 0.5) is 4.39 Å². The van der Waals surface area contributed by atoms with Crippen molar-refractivity contribution in [2.75, 3.05) is 26.8 Å². The van der Waals surface area contributed by atoms with Crippen molar-refractivity contribution in [3.63, 3.8) is 0 Å². The number of nitrogens with one attached hydrogen (secondary N) is 1. The van der Waals surface area contributed by atoms with Crippen LogP contribution in [0.15, 0.2) is 24.3 Å². The number of benzene rings is 1. The number of nitrogens with zero attached hydrogens (tertiary/aromatic N) is 1. The lowest BCUT2D eigenvalue weighted by molar-refractivity contribution is -0.123. The molecule has 1 amide bonds. The highest BCUT2D eigenvalue weighted by Gasteiger charge is 2.27. The summed E-state index contributed by atoms with van der Waals surface area (Å²) in [4.78, 5) is 14.2. The third-order valence-corrected chi connectivity index (χ3v) is 3.79. The molecule has 4 nitrogen and oxygen atoms in total. The summed E-state index contributed by atoms with van der Waals surface area (Å²) in [5.74, 6) is -0.219. The zero-order valence-corrected chi connectivity index (χ0v) is 12.6. The van der Waals surface area contributed by atoms with Crippen LogP contribution in [0, 0.1) is 5.82 Å². The first-order valence-electron chi connectivity index (χ1n) is 7.38. The fourth-order valence-electron chi connectivity index (χ4n) is 2.87. The van der Waals surface area contributed by atoms with Crippen molar-refractivity contribution in [3.05, 3.63) is 35.6 Å². The molecule has 1 aliphatic heterocycles. The average Bonchev–Trinajstić information content (AvgIpc) is 2.87. The minimum Gasteiger partial charge on any atom is -0.383 e. The van der Waals surface area contributed by atoms with Gasteiger partial charge in [-0.15, -0.1) is 0 Å². The molecule has 0 saturated carbocycles. The summed E-state index contributed by atoms with van der Waals surface area (Å²) < 4.78 is 18.0. The quantitative estimate of drug-likeness (QED) is 0.874. The summed E-state index contributed by atoms with van der Waals surface area (Å²) in [6.45, 7) is 3.69. The van der Waals surface area contributed by atoms with E-state index in [-0.39, 0.29) is 23.8 Å². The van der Waals surface area contributed by atoms with Gasteiger partial charge in [0.25, 0.3) is 0 Å². The Morgan fingerprint density at radius 1 is 1.48 bits per heavy atom. The number of carbonyl (C=O) groups is 1. The third-order valence-electron chi connectivity index (χ3n) is 3.79. The van der Waals surface area contributed by atoms with Crippen LogP contribution in [0.25, 0.3) is 0 Å². The molecule has 1 aromatic rings. The van der Waals surface area contributed by atoms with Crippen molar-refractivity contribution >= 4 is 5.91 Å². The zero-order valence-electron chi connectivity index (χ0n) is 12.6. The van der Waals surface area contributed by atoms with Crippen LogP contribution in [-0.4, -0.2) is 43.7 Å². The van der Waals surface area contributed by atoms with Crippen LogP contribution < -0.4 is 5.32 Å². The molecule has 21 heavy (non-hydrogen) atoms. The number of methoxy groups -OCH3 is 1. The van der Waals surface area contributed by atoms with E-state index in [0.717, 1.165) is 24.9 Å². The minimum absolute atomic E-state index is 0.00793. The van der Waals surface area contributed by atoms with Crippen molar-refractivity contribution in [2.24, 2.45) is 0 Å². The second-order valence-electron chi connectivity index (χ2n) is 5.60. The summed E-state index contributed by atoms with van der Waals surface area (Å²) in [6, 6.07) is 6.79. The van der Waals surface area contributed by atoms with Gasteiger partial charge in [-0.05, 0) is 44.0 Å². The standard InChI is InChI=1S/C16H23FN2O2/c1-12(11-21-2)18-16(20)10-19-9-3-4-15(19)13-5-7-14(17)8-6-13/h5-8,12,15H,3-4,9-11H2,1-2H3,(H,18,20)/t12-,15+/m1/s1. The average molecular weight is 294 g/mol. The largest absolute Gasteiger partial charge is 0.383 e. The van der Waals surface area contributed by atoms with E-state index >= 15 is 0 Å². The minimum atomic E-state index is -0.227. The van der Waals surface area contributed by atoms with Gasteiger partial charge in [-0.2, -0.15) is 0 Å². The molecule has 116 valence electrons. The molecule has 0 aromatic heterocycles. The summed E-state index contributed by atoms with van der Waals surface area (Å²) in [7, 11) is 1.62. The normalized spacial score (nSPS) is 20.4. The molecule has 5 heteroatoms. The van der Waals surface area contributed by atoms with Crippen LogP contribution in [0.3, 0.4) is 0 Å². The van der Waals surface area contributed by atoms with Gasteiger partial charge in [0.15, 0.2) is 0 Å². The highest BCUT2D eigenvalue weighted by molar-refractivity contribution is 5.78. The third kappa shape index (κ3) is 4.51. The number of hydrogen-bond acceptors (Lipinski definition) is 3. The molecule has 0 unspecified atom stereocenters. The van der Waals surface area contributed by atoms with E-state index in [1.807, 2.05) is 19.1 Å². The van der Waals surface area contributed by atoms with Gasteiger partial charge < -0.3 is 10.1 Å². The predicted molar refractivity (Wildman–Crippen MR) is 79.4 cm³/mol. The molecule has 2 atom stereocenters. The van der Waals surface area contributed by atoms with Crippen LogP contribution >= 0.6 is 0 Å². The summed E-state index contributed by atoms with van der Waals surface area (Å²) in [6.07, 6.45) is 2.06. The van der Waals surface area contributed by atoms with E-state index in [2.05, 4.69) is 10.2 Å². The highest BCUT2D eigenvalue weighted by Crippen LogP contribution is 2.31. The molecule has 1 fully saturated rings. The molecule has 0 radical (unpaired) electrons. The Kier molecular flexibility index (Phi) is 5.70. The van der Waals surface area contributed by atoms with E-state index in [9.17, 15) is 9.18 Å². The number of ether oxygens (including phenoxy) is 1. The van der Waals surface area contributed by atoms with Crippen LogP contribution in [0.1, 0.15) is 31.4 Å². The maximum absolute atomic E-state index is 13.0. The van der Waals surface area contributed by atoms with Crippen molar-refractivity contribution in [2.45, 2.75) is 31.8 Å². The molecule has 0 spiro atoms. The fourth-order valence-corrected chi connectivity index (χ4v) is 2.87. The number of halogens is 1. The monoisotopic (exact) mass is 294 g/mol. The fraction of sp³-hybridized carbons (Fsp3) is 0.562. The van der Waals surface area contributed by atoms with Crippen LogP contribution in [0.5, 0.6) is 0 Å². The molecule has 1 aromatic carbocycles. The number of hydrogen-bond donors (Lipinski definition) is 1. The van der Waals surface area contributed by atoms with E-state index in [0.29, 0.717) is 13.2 Å². The van der Waals surface area contributed by atoms with Gasteiger partial charge in [0.2, 0.25) is 5.91 Å². The second-order valence-corrected chi connectivity index (χ2v) is 5.60. The second kappa shape index (κ2) is 7.52. The lowest BCUT2D eigenvalue weighted by Crippen LogP contribution is -2.42. The molecule has 2 rings (SSSR count). The first-order valence-corrected chi connectivity index (χ1v) is 7.38. The lowest BCUT2D eigenvalue weighted by atomic mass is 10.0. The zero-order chi connectivity index (χ0) is 15.2. The van der Waals surface area contributed by atoms with Crippen molar-refractivity contribution in [1.29, 1.82) is 0 Å². The molecular weight excluding hydrogens is 271 g/mol. The molecule has 1 heterocycles. The van der Waals surface area contributed by atoms with E-state index in [4.69, 9.17) is 4.74 Å². The smallest absolute Gasteiger partial charge is 0.234 e. The maximum Gasteiger partial charge on any atom is 0.234 e. The van der Waals surface area contributed by atoms with Gasteiger partial charge in [-0.3, -0.25) is 9.69 Å². The maximum atomic E-state index is 13.0. The van der Waals surface area contributed by atoms with Gasteiger partial charge >= 0.3 is 0 Å². The van der Waals surface area contributed by atoms with Gasteiger partial charge in [0.1, 0.15) is 5.82 Å². The van der Waals surface area contributed by atoms with Crippen molar-refractivity contribution in [1.82, 2.24) is 10.2 Å². The number of amides is 1. The number of likely N-dealkylation sites (tertiary alicyclic amines) is 1. The molecule has 1 aliphatic rings. The summed E-state index contributed by atoms with van der Waals surface area (Å²) >= 11 is 0. The van der Waals surface area contributed by atoms with Crippen molar-refractivity contribution in [3.8, 4) is 0 Å². The molecule has 1 saturated heterocycles. The topological polar surface area (TPSA) is 41.6 Å². The Labute approximate surface area is 125 Å². The Morgan fingerprint density at radius 3 is 2.86 bits per heavy atom. The summed E-state index contributed by atoms with van der Waals surface area (Å²) in [5, 5.41) is 2.92. The van der Waals surface area contributed by atoms with E-state index in [1.54, 1.807) is 7.11 Å². The van der Waals surface area contributed by atoms with Crippen LogP contribution in [0.2, 0.25) is 0 Å². The molecule has 0 aliphatic carbocycles. The Hall–Kier alpha value is -1.46. The highest BCUT2D eigenvalue weighted by atomic mass is 19.1. The number of rotatable bonds is 6. The Bertz CT molecular complexity index is 464. The molecule has 1 N–H and O–H groups in total. The Balaban J connectivity index is 1.92.